The summed E-state index contributed by atoms with van der Waals surface area (Å²) in [5.41, 5.74) is 5.71. The van der Waals surface area contributed by atoms with Crippen LogP contribution in [0.15, 0.2) is 0 Å². The van der Waals surface area contributed by atoms with Gasteiger partial charge in [-0.1, -0.05) is 40.0 Å². The lowest BCUT2D eigenvalue weighted by molar-refractivity contribution is -0.146. The van der Waals surface area contributed by atoms with Gasteiger partial charge in [-0.15, -0.1) is 0 Å². The lowest BCUT2D eigenvalue weighted by Gasteiger charge is -2.16. The summed E-state index contributed by atoms with van der Waals surface area (Å²) in [4.78, 5) is 11.4. The number of esters is 1. The van der Waals surface area contributed by atoms with E-state index in [9.17, 15) is 4.79 Å². The largest absolute Gasteiger partial charge is 0.465 e. The van der Waals surface area contributed by atoms with Gasteiger partial charge in [0, 0.05) is 0 Å². The first-order valence-electron chi connectivity index (χ1n) is 5.55. The molecule has 0 aliphatic rings. The Balaban J connectivity index is 3.62. The van der Waals surface area contributed by atoms with E-state index in [4.69, 9.17) is 10.5 Å². The minimum absolute atomic E-state index is 0.202. The van der Waals surface area contributed by atoms with Crippen molar-refractivity contribution in [3.05, 3.63) is 0 Å². The normalized spacial score (nSPS) is 14.9. The molecule has 3 nitrogen and oxygen atoms in total. The van der Waals surface area contributed by atoms with Gasteiger partial charge in [0.15, 0.2) is 0 Å². The molecule has 0 saturated heterocycles. The summed E-state index contributed by atoms with van der Waals surface area (Å²) in [6.45, 7) is 6.62. The van der Waals surface area contributed by atoms with Crippen molar-refractivity contribution in [2.45, 2.75) is 52.5 Å². The van der Waals surface area contributed by atoms with E-state index in [1.165, 1.54) is 0 Å². The van der Waals surface area contributed by atoms with Crippen molar-refractivity contribution >= 4 is 5.97 Å². The van der Waals surface area contributed by atoms with E-state index in [1.807, 2.05) is 13.8 Å². The third-order valence-corrected chi connectivity index (χ3v) is 2.52. The molecule has 0 aliphatic carbocycles. The molecule has 2 N–H and O–H groups in total. The Labute approximate surface area is 87.0 Å². The van der Waals surface area contributed by atoms with Gasteiger partial charge in [-0.3, -0.25) is 4.79 Å². The number of rotatable bonds is 7. The number of carbonyl (C=O) groups excluding carboxylic acids is 1. The molecule has 0 bridgehead atoms. The van der Waals surface area contributed by atoms with Crippen LogP contribution in [-0.4, -0.2) is 18.6 Å². The number of ether oxygens (including phenoxy) is 1. The number of carbonyl (C=O) groups is 1. The van der Waals surface area contributed by atoms with Gasteiger partial charge in [-0.05, 0) is 12.3 Å². The van der Waals surface area contributed by atoms with Gasteiger partial charge >= 0.3 is 5.97 Å². The van der Waals surface area contributed by atoms with Crippen molar-refractivity contribution in [1.29, 1.82) is 0 Å². The predicted octanol–water partition coefficient (Wildman–Crippen LogP) is 2.09. The van der Waals surface area contributed by atoms with E-state index in [-0.39, 0.29) is 11.9 Å². The molecule has 0 aromatic rings. The summed E-state index contributed by atoms with van der Waals surface area (Å²) < 4.78 is 5.06. The Morgan fingerprint density at radius 2 is 2.00 bits per heavy atom. The summed E-state index contributed by atoms with van der Waals surface area (Å²) >= 11 is 0. The van der Waals surface area contributed by atoms with Gasteiger partial charge < -0.3 is 10.5 Å². The minimum Gasteiger partial charge on any atom is -0.465 e. The van der Waals surface area contributed by atoms with Crippen LogP contribution < -0.4 is 5.73 Å². The van der Waals surface area contributed by atoms with Crippen LogP contribution >= 0.6 is 0 Å². The molecule has 0 heterocycles. The van der Waals surface area contributed by atoms with Gasteiger partial charge in [0.1, 0.15) is 6.04 Å². The van der Waals surface area contributed by atoms with Crippen LogP contribution in [0.1, 0.15) is 46.5 Å². The molecule has 84 valence electrons. The first-order valence-corrected chi connectivity index (χ1v) is 5.55. The second-order valence-electron chi connectivity index (χ2n) is 3.79. The molecule has 2 atom stereocenters. The molecule has 0 rings (SSSR count). The Morgan fingerprint density at radius 1 is 1.36 bits per heavy atom. The van der Waals surface area contributed by atoms with E-state index >= 15 is 0 Å². The number of hydrogen-bond acceptors (Lipinski definition) is 3. The molecule has 14 heavy (non-hydrogen) atoms. The van der Waals surface area contributed by atoms with Crippen molar-refractivity contribution in [2.24, 2.45) is 11.7 Å². The first-order chi connectivity index (χ1) is 6.63. The van der Waals surface area contributed by atoms with E-state index in [0.717, 1.165) is 25.7 Å². The standard InChI is InChI=1S/C11H23NO2/c1-4-6-7-8-14-11(13)10(12)9(3)5-2/h9-10H,4-8,12H2,1-3H3/t9?,10-/m0/s1. The highest BCUT2D eigenvalue weighted by atomic mass is 16.5. The Kier molecular flexibility index (Phi) is 7.48. The van der Waals surface area contributed by atoms with Gasteiger partial charge in [0.25, 0.3) is 0 Å². The van der Waals surface area contributed by atoms with Crippen LogP contribution in [0, 0.1) is 5.92 Å². The second-order valence-corrected chi connectivity index (χ2v) is 3.79. The average molecular weight is 201 g/mol. The highest BCUT2D eigenvalue weighted by molar-refractivity contribution is 5.75. The van der Waals surface area contributed by atoms with Crippen LogP contribution in [0.2, 0.25) is 0 Å². The fourth-order valence-electron chi connectivity index (χ4n) is 1.11. The Morgan fingerprint density at radius 3 is 2.50 bits per heavy atom. The molecule has 0 aromatic carbocycles. The smallest absolute Gasteiger partial charge is 0.323 e. The molecular formula is C11H23NO2. The van der Waals surface area contributed by atoms with Gasteiger partial charge in [-0.2, -0.15) is 0 Å². The van der Waals surface area contributed by atoms with E-state index in [1.54, 1.807) is 0 Å². The van der Waals surface area contributed by atoms with E-state index in [2.05, 4.69) is 6.92 Å². The van der Waals surface area contributed by atoms with Gasteiger partial charge in [-0.25, -0.2) is 0 Å². The molecule has 0 aliphatic heterocycles. The highest BCUT2D eigenvalue weighted by Crippen LogP contribution is 2.07. The maximum atomic E-state index is 11.4. The lowest BCUT2D eigenvalue weighted by Crippen LogP contribution is -2.38. The van der Waals surface area contributed by atoms with Crippen molar-refractivity contribution in [2.75, 3.05) is 6.61 Å². The fourth-order valence-corrected chi connectivity index (χ4v) is 1.11. The molecule has 0 fully saturated rings. The number of unbranched alkanes of at least 4 members (excludes halogenated alkanes) is 2. The van der Waals surface area contributed by atoms with Crippen LogP contribution in [0.4, 0.5) is 0 Å². The second kappa shape index (κ2) is 7.80. The average Bonchev–Trinajstić information content (AvgIpc) is 2.21. The Hall–Kier alpha value is -0.570. The summed E-state index contributed by atoms with van der Waals surface area (Å²) in [6, 6.07) is -0.457. The molecule has 1 unspecified atom stereocenters. The minimum atomic E-state index is -0.457. The molecule has 3 heteroatoms. The zero-order valence-corrected chi connectivity index (χ0v) is 9.58. The quantitative estimate of drug-likeness (QED) is 0.507. The zero-order chi connectivity index (χ0) is 11.0. The third-order valence-electron chi connectivity index (χ3n) is 2.52. The van der Waals surface area contributed by atoms with E-state index in [0.29, 0.717) is 6.61 Å². The maximum Gasteiger partial charge on any atom is 0.323 e. The monoisotopic (exact) mass is 201 g/mol. The van der Waals surface area contributed by atoms with Crippen molar-refractivity contribution in [3.63, 3.8) is 0 Å². The summed E-state index contributed by atoms with van der Waals surface area (Å²) in [7, 11) is 0. The SMILES string of the molecule is CCCCCOC(=O)[C@@H](N)C(C)CC. The summed E-state index contributed by atoms with van der Waals surface area (Å²) in [6.07, 6.45) is 4.08. The van der Waals surface area contributed by atoms with E-state index < -0.39 is 6.04 Å². The van der Waals surface area contributed by atoms with Crippen molar-refractivity contribution in [3.8, 4) is 0 Å². The topological polar surface area (TPSA) is 52.3 Å². The lowest BCUT2D eigenvalue weighted by atomic mass is 10.0. The van der Waals surface area contributed by atoms with Gasteiger partial charge in [0.2, 0.25) is 0 Å². The van der Waals surface area contributed by atoms with Crippen LogP contribution in [0.5, 0.6) is 0 Å². The zero-order valence-electron chi connectivity index (χ0n) is 9.58. The number of hydrogen-bond donors (Lipinski definition) is 1. The third kappa shape index (κ3) is 5.22. The van der Waals surface area contributed by atoms with Gasteiger partial charge in [0.05, 0.1) is 6.61 Å². The summed E-state index contributed by atoms with van der Waals surface area (Å²) in [5.74, 6) is -0.0517. The number of nitrogens with two attached hydrogens (primary N) is 1. The predicted molar refractivity (Wildman–Crippen MR) is 57.9 cm³/mol. The van der Waals surface area contributed by atoms with Crippen molar-refractivity contribution in [1.82, 2.24) is 0 Å². The van der Waals surface area contributed by atoms with Crippen molar-refractivity contribution < 1.29 is 9.53 Å². The van der Waals surface area contributed by atoms with Crippen LogP contribution in [0.3, 0.4) is 0 Å². The maximum absolute atomic E-state index is 11.4. The first kappa shape index (κ1) is 13.4. The highest BCUT2D eigenvalue weighted by Gasteiger charge is 2.20. The molecular weight excluding hydrogens is 178 g/mol. The van der Waals surface area contributed by atoms with Crippen LogP contribution in [0.25, 0.3) is 0 Å². The molecule has 0 saturated carbocycles. The molecule has 0 spiro atoms. The molecule has 0 aromatic heterocycles. The fraction of sp³-hybridized carbons (Fsp3) is 0.909. The Bertz CT molecular complexity index is 159. The van der Waals surface area contributed by atoms with Crippen LogP contribution in [-0.2, 0) is 9.53 Å². The summed E-state index contributed by atoms with van der Waals surface area (Å²) in [5, 5.41) is 0. The molecule has 0 radical (unpaired) electrons. The molecule has 0 amide bonds.